The Morgan fingerprint density at radius 2 is 1.83 bits per heavy atom. The first-order valence-corrected chi connectivity index (χ1v) is 7.56. The molecular formula is C16H10Cl2N2O4. The van der Waals surface area contributed by atoms with Gasteiger partial charge in [0.1, 0.15) is 5.69 Å². The first-order chi connectivity index (χ1) is 11.5. The molecule has 1 heterocycles. The van der Waals surface area contributed by atoms with Crippen LogP contribution < -0.4 is 0 Å². The molecule has 0 saturated heterocycles. The van der Waals surface area contributed by atoms with Crippen LogP contribution in [0.25, 0.3) is 22.6 Å². The summed E-state index contributed by atoms with van der Waals surface area (Å²) in [4.78, 5) is 10.7. The molecule has 3 aromatic rings. The molecule has 0 saturated carbocycles. The number of hydrogen-bond acceptors (Lipinski definition) is 5. The normalized spacial score (nSPS) is 10.8. The molecule has 0 bridgehead atoms. The van der Waals surface area contributed by atoms with Crippen LogP contribution in [-0.4, -0.2) is 15.2 Å². The second-order valence-corrected chi connectivity index (χ2v) is 5.80. The van der Waals surface area contributed by atoms with E-state index in [1.165, 1.54) is 12.1 Å². The van der Waals surface area contributed by atoms with Gasteiger partial charge in [0.2, 0.25) is 0 Å². The van der Waals surface area contributed by atoms with Gasteiger partial charge < -0.3 is 9.63 Å². The number of aliphatic hydroxyl groups excluding tert-OH is 1. The average molecular weight is 365 g/mol. The Labute approximate surface area is 146 Å². The van der Waals surface area contributed by atoms with E-state index in [4.69, 9.17) is 27.7 Å². The zero-order valence-corrected chi connectivity index (χ0v) is 13.6. The van der Waals surface area contributed by atoms with Gasteiger partial charge in [-0.05, 0) is 24.3 Å². The summed E-state index contributed by atoms with van der Waals surface area (Å²) in [5, 5.41) is 25.7. The second kappa shape index (κ2) is 6.60. The molecule has 0 amide bonds. The quantitative estimate of drug-likeness (QED) is 0.534. The Morgan fingerprint density at radius 3 is 2.46 bits per heavy atom. The molecule has 6 nitrogen and oxygen atoms in total. The van der Waals surface area contributed by atoms with E-state index in [9.17, 15) is 15.2 Å². The summed E-state index contributed by atoms with van der Waals surface area (Å²) in [5.74, 6) is 0.135. The highest BCUT2D eigenvalue weighted by Crippen LogP contribution is 2.37. The molecule has 0 aliphatic rings. The molecule has 0 fully saturated rings. The monoisotopic (exact) mass is 364 g/mol. The number of rotatable bonds is 4. The number of halogens is 2. The first-order valence-electron chi connectivity index (χ1n) is 6.81. The van der Waals surface area contributed by atoms with Crippen molar-refractivity contribution in [2.75, 3.05) is 0 Å². The third-order valence-corrected chi connectivity index (χ3v) is 3.86. The molecule has 122 valence electrons. The smallest absolute Gasteiger partial charge is 0.280 e. The molecule has 8 heteroatoms. The lowest BCUT2D eigenvalue weighted by atomic mass is 10.0. The zero-order chi connectivity index (χ0) is 17.3. The summed E-state index contributed by atoms with van der Waals surface area (Å²) in [6.45, 7) is -0.412. The SMILES string of the molecule is O=[N+]([O-])c1ccccc1-c1onc(-c2cc(Cl)cc(Cl)c2)c1CO. The summed E-state index contributed by atoms with van der Waals surface area (Å²) in [6, 6.07) is 10.9. The Hall–Kier alpha value is -2.41. The Bertz CT molecular complexity index is 904. The van der Waals surface area contributed by atoms with Crippen LogP contribution >= 0.6 is 23.2 Å². The van der Waals surface area contributed by atoms with Crippen molar-refractivity contribution in [2.24, 2.45) is 0 Å². The van der Waals surface area contributed by atoms with Crippen LogP contribution in [0.15, 0.2) is 47.0 Å². The minimum Gasteiger partial charge on any atom is -0.391 e. The molecule has 1 N–H and O–H groups in total. The maximum absolute atomic E-state index is 11.2. The minimum absolute atomic E-state index is 0.135. The fraction of sp³-hybridized carbons (Fsp3) is 0.0625. The van der Waals surface area contributed by atoms with E-state index >= 15 is 0 Å². The lowest BCUT2D eigenvalue weighted by molar-refractivity contribution is -0.384. The Kier molecular flexibility index (Phi) is 4.53. The van der Waals surface area contributed by atoms with Gasteiger partial charge in [-0.3, -0.25) is 10.1 Å². The van der Waals surface area contributed by atoms with Crippen LogP contribution in [0.5, 0.6) is 0 Å². The van der Waals surface area contributed by atoms with E-state index in [-0.39, 0.29) is 17.0 Å². The van der Waals surface area contributed by atoms with Crippen LogP contribution in [-0.2, 0) is 6.61 Å². The summed E-state index contributed by atoms with van der Waals surface area (Å²) >= 11 is 12.0. The van der Waals surface area contributed by atoms with Gasteiger partial charge in [0.15, 0.2) is 5.76 Å². The van der Waals surface area contributed by atoms with Gasteiger partial charge in [0, 0.05) is 21.7 Å². The first kappa shape index (κ1) is 16.4. The van der Waals surface area contributed by atoms with Crippen molar-refractivity contribution in [1.29, 1.82) is 0 Å². The fourth-order valence-corrected chi connectivity index (χ4v) is 2.94. The van der Waals surface area contributed by atoms with E-state index in [1.54, 1.807) is 30.3 Å². The number of para-hydroxylation sites is 1. The average Bonchev–Trinajstić information content (AvgIpc) is 2.97. The van der Waals surface area contributed by atoms with Crippen molar-refractivity contribution in [3.05, 3.63) is 68.2 Å². The summed E-state index contributed by atoms with van der Waals surface area (Å²) in [7, 11) is 0. The summed E-state index contributed by atoms with van der Waals surface area (Å²) in [6.07, 6.45) is 0. The van der Waals surface area contributed by atoms with E-state index < -0.39 is 11.5 Å². The third kappa shape index (κ3) is 2.99. The fourth-order valence-electron chi connectivity index (χ4n) is 2.41. The lowest BCUT2D eigenvalue weighted by Gasteiger charge is -2.03. The van der Waals surface area contributed by atoms with Crippen molar-refractivity contribution in [1.82, 2.24) is 5.16 Å². The molecule has 0 radical (unpaired) electrons. The van der Waals surface area contributed by atoms with Gasteiger partial charge in [-0.15, -0.1) is 0 Å². The van der Waals surface area contributed by atoms with Gasteiger partial charge in [0.05, 0.1) is 22.7 Å². The van der Waals surface area contributed by atoms with E-state index in [1.807, 2.05) is 0 Å². The number of aromatic nitrogens is 1. The van der Waals surface area contributed by atoms with Gasteiger partial charge in [0.25, 0.3) is 5.69 Å². The molecular weight excluding hydrogens is 355 g/mol. The van der Waals surface area contributed by atoms with Crippen LogP contribution in [0.2, 0.25) is 10.0 Å². The van der Waals surface area contributed by atoms with Crippen molar-refractivity contribution >= 4 is 28.9 Å². The molecule has 0 aliphatic carbocycles. The van der Waals surface area contributed by atoms with Crippen molar-refractivity contribution < 1.29 is 14.6 Å². The molecule has 0 atom stereocenters. The molecule has 2 aromatic carbocycles. The summed E-state index contributed by atoms with van der Waals surface area (Å²) < 4.78 is 5.30. The molecule has 3 rings (SSSR count). The van der Waals surface area contributed by atoms with Crippen molar-refractivity contribution in [2.45, 2.75) is 6.61 Å². The second-order valence-electron chi connectivity index (χ2n) is 4.93. The van der Waals surface area contributed by atoms with E-state index in [2.05, 4.69) is 5.16 Å². The molecule has 1 aromatic heterocycles. The van der Waals surface area contributed by atoms with Crippen LogP contribution in [0.1, 0.15) is 5.56 Å². The van der Waals surface area contributed by atoms with Crippen molar-refractivity contribution in [3.8, 4) is 22.6 Å². The highest BCUT2D eigenvalue weighted by molar-refractivity contribution is 6.35. The van der Waals surface area contributed by atoms with Crippen LogP contribution in [0.3, 0.4) is 0 Å². The van der Waals surface area contributed by atoms with Gasteiger partial charge in [-0.1, -0.05) is 40.5 Å². The number of nitrogens with zero attached hydrogens (tertiary/aromatic N) is 2. The standard InChI is InChI=1S/C16H10Cl2N2O4/c17-10-5-9(6-11(18)7-10)15-13(8-21)16(24-19-15)12-3-1-2-4-14(12)20(22)23/h1-7,21H,8H2. The minimum atomic E-state index is -0.519. The topological polar surface area (TPSA) is 89.4 Å². The van der Waals surface area contributed by atoms with Crippen molar-refractivity contribution in [3.63, 3.8) is 0 Å². The number of nitro groups is 1. The predicted octanol–water partition coefficient (Wildman–Crippen LogP) is 4.72. The summed E-state index contributed by atoms with van der Waals surface area (Å²) in [5.41, 5.74) is 1.29. The predicted molar refractivity (Wildman–Crippen MR) is 90.0 cm³/mol. The highest BCUT2D eigenvalue weighted by atomic mass is 35.5. The number of nitro benzene ring substituents is 1. The zero-order valence-electron chi connectivity index (χ0n) is 12.1. The molecule has 0 aliphatic heterocycles. The third-order valence-electron chi connectivity index (χ3n) is 3.43. The maximum Gasteiger partial charge on any atom is 0.280 e. The molecule has 0 spiro atoms. The number of aliphatic hydroxyl groups is 1. The molecule has 0 unspecified atom stereocenters. The Balaban J connectivity index is 2.20. The largest absolute Gasteiger partial charge is 0.391 e. The van der Waals surface area contributed by atoms with Gasteiger partial charge in [-0.25, -0.2) is 0 Å². The number of hydrogen-bond donors (Lipinski definition) is 1. The lowest BCUT2D eigenvalue weighted by Crippen LogP contribution is -1.94. The Morgan fingerprint density at radius 1 is 1.17 bits per heavy atom. The van der Waals surface area contributed by atoms with E-state index in [0.717, 1.165) is 0 Å². The van der Waals surface area contributed by atoms with E-state index in [0.29, 0.717) is 26.9 Å². The van der Waals surface area contributed by atoms with Gasteiger partial charge >= 0.3 is 0 Å². The maximum atomic E-state index is 11.2. The van der Waals surface area contributed by atoms with Crippen LogP contribution in [0.4, 0.5) is 5.69 Å². The molecule has 24 heavy (non-hydrogen) atoms. The van der Waals surface area contributed by atoms with Gasteiger partial charge in [-0.2, -0.15) is 0 Å². The van der Waals surface area contributed by atoms with Crippen LogP contribution in [0, 0.1) is 10.1 Å². The highest BCUT2D eigenvalue weighted by Gasteiger charge is 2.24. The number of benzene rings is 2.